The number of carbonyl (C=O) groups is 1. The second-order valence-electron chi connectivity index (χ2n) is 7.09. The van der Waals surface area contributed by atoms with E-state index in [4.69, 9.17) is 20.8 Å². The van der Waals surface area contributed by atoms with E-state index in [-0.39, 0.29) is 16.0 Å². The number of hydrogen-bond donors (Lipinski definition) is 2. The first-order chi connectivity index (χ1) is 15.0. The molecule has 0 aliphatic heterocycles. The first-order valence-corrected chi connectivity index (χ1v) is 11.2. The quantitative estimate of drug-likeness (QED) is 0.391. The topological polar surface area (TPSA) is 123 Å². The Kier molecular flexibility index (Phi) is 6.99. The Morgan fingerprint density at radius 3 is 2.53 bits per heavy atom. The molecule has 0 saturated heterocycles. The van der Waals surface area contributed by atoms with Gasteiger partial charge in [0.05, 0.1) is 11.0 Å². The monoisotopic (exact) mass is 483 g/mol. The number of aliphatic hydroxyl groups excluding tert-OH is 1. The Labute approximate surface area is 187 Å². The van der Waals surface area contributed by atoms with Gasteiger partial charge in [0, 0.05) is 22.0 Å². The Morgan fingerprint density at radius 1 is 1.25 bits per heavy atom. The van der Waals surface area contributed by atoms with E-state index in [1.54, 1.807) is 19.1 Å². The number of fused-ring (bicyclic) bond motifs is 1. The third kappa shape index (κ3) is 5.33. The molecule has 8 nitrogen and oxygen atoms in total. The zero-order chi connectivity index (χ0) is 23.6. The van der Waals surface area contributed by atoms with Gasteiger partial charge in [-0.3, -0.25) is 4.79 Å². The van der Waals surface area contributed by atoms with Crippen LogP contribution in [0.3, 0.4) is 0 Å². The highest BCUT2D eigenvalue weighted by molar-refractivity contribution is 7.89. The third-order valence-corrected chi connectivity index (χ3v) is 6.49. The van der Waals surface area contributed by atoms with Gasteiger partial charge in [-0.2, -0.15) is 4.72 Å². The van der Waals surface area contributed by atoms with Gasteiger partial charge in [0.1, 0.15) is 24.0 Å². The van der Waals surface area contributed by atoms with E-state index >= 15 is 0 Å². The van der Waals surface area contributed by atoms with Crippen molar-refractivity contribution in [2.24, 2.45) is 0 Å². The number of sulfonamides is 1. The van der Waals surface area contributed by atoms with E-state index in [2.05, 4.69) is 4.72 Å². The zero-order valence-corrected chi connectivity index (χ0v) is 18.5. The average Bonchev–Trinajstić information content (AvgIpc) is 2.71. The molecule has 2 atom stereocenters. The zero-order valence-electron chi connectivity index (χ0n) is 17.0. The fourth-order valence-electron chi connectivity index (χ4n) is 2.90. The molecule has 11 heteroatoms. The van der Waals surface area contributed by atoms with Crippen molar-refractivity contribution in [1.29, 1.82) is 0 Å². The van der Waals surface area contributed by atoms with Gasteiger partial charge >= 0.3 is 11.6 Å². The van der Waals surface area contributed by atoms with Gasteiger partial charge in [-0.15, -0.1) is 0 Å². The molecule has 32 heavy (non-hydrogen) atoms. The van der Waals surface area contributed by atoms with Crippen LogP contribution in [0.1, 0.15) is 18.1 Å². The van der Waals surface area contributed by atoms with Crippen molar-refractivity contribution in [2.45, 2.75) is 37.5 Å². The number of nitrogens with one attached hydrogen (secondary N) is 1. The first-order valence-electron chi connectivity index (χ1n) is 9.33. The molecule has 0 spiro atoms. The molecule has 1 heterocycles. The van der Waals surface area contributed by atoms with Crippen molar-refractivity contribution in [2.75, 3.05) is 0 Å². The lowest BCUT2D eigenvalue weighted by atomic mass is 10.1. The number of hydrogen-bond acceptors (Lipinski definition) is 7. The highest BCUT2D eigenvalue weighted by atomic mass is 35.5. The molecule has 0 unspecified atom stereocenters. The maximum atomic E-state index is 13.1. The molecule has 0 aliphatic carbocycles. The van der Waals surface area contributed by atoms with E-state index in [1.165, 1.54) is 6.92 Å². The van der Waals surface area contributed by atoms with Crippen LogP contribution in [0.2, 0.25) is 5.02 Å². The van der Waals surface area contributed by atoms with E-state index in [0.29, 0.717) is 16.0 Å². The van der Waals surface area contributed by atoms with Gasteiger partial charge < -0.3 is 14.3 Å². The molecule has 0 aliphatic rings. The molecule has 3 aromatic rings. The summed E-state index contributed by atoms with van der Waals surface area (Å²) in [5.41, 5.74) is 0.543. The number of ether oxygens (including phenoxy) is 1. The van der Waals surface area contributed by atoms with Crippen molar-refractivity contribution in [3.8, 4) is 0 Å². The molecule has 1 aromatic heterocycles. The molecular formula is C21H19ClFNO7S. The van der Waals surface area contributed by atoms with Crippen LogP contribution in [0, 0.1) is 12.7 Å². The summed E-state index contributed by atoms with van der Waals surface area (Å²) in [4.78, 5) is 24.1. The first kappa shape index (κ1) is 23.9. The second kappa shape index (κ2) is 9.37. The summed E-state index contributed by atoms with van der Waals surface area (Å²) in [6.45, 7) is 2.53. The van der Waals surface area contributed by atoms with Crippen molar-refractivity contribution in [1.82, 2.24) is 4.72 Å². The van der Waals surface area contributed by atoms with Crippen LogP contribution in [0.25, 0.3) is 11.0 Å². The van der Waals surface area contributed by atoms with Crippen LogP contribution in [0.15, 0.2) is 56.6 Å². The van der Waals surface area contributed by atoms with Crippen LogP contribution in [0.4, 0.5) is 4.39 Å². The highest BCUT2D eigenvalue weighted by Crippen LogP contribution is 2.25. The fraction of sp³-hybridized carbons (Fsp3) is 0.238. The summed E-state index contributed by atoms with van der Waals surface area (Å²) in [6.07, 6.45) is -1.45. The number of aliphatic hydroxyl groups is 1. The highest BCUT2D eigenvalue weighted by Gasteiger charge is 2.31. The smallest absolute Gasteiger partial charge is 0.336 e. The lowest BCUT2D eigenvalue weighted by Crippen LogP contribution is -2.48. The van der Waals surface area contributed by atoms with Crippen molar-refractivity contribution in [3.63, 3.8) is 0 Å². The number of halogens is 2. The van der Waals surface area contributed by atoms with Gasteiger partial charge in [0.2, 0.25) is 10.0 Å². The normalized spacial score (nSPS) is 13.7. The molecule has 0 saturated carbocycles. The summed E-state index contributed by atoms with van der Waals surface area (Å²) in [5, 5.41) is 10.8. The van der Waals surface area contributed by atoms with E-state index in [9.17, 15) is 27.5 Å². The SMILES string of the molecule is Cc1cc2oc(=O)cc(COC(=O)[C@@H](NS(=O)(=O)c3ccc(F)cc3)[C@H](C)O)c2cc1Cl. The van der Waals surface area contributed by atoms with Gasteiger partial charge in [-0.1, -0.05) is 11.6 Å². The molecule has 0 bridgehead atoms. The van der Waals surface area contributed by atoms with Gasteiger partial charge in [-0.25, -0.2) is 17.6 Å². The lowest BCUT2D eigenvalue weighted by Gasteiger charge is -2.20. The van der Waals surface area contributed by atoms with E-state index in [1.807, 2.05) is 0 Å². The Bertz CT molecular complexity index is 1320. The van der Waals surface area contributed by atoms with Crippen LogP contribution in [-0.4, -0.2) is 31.6 Å². The molecule has 0 radical (unpaired) electrons. The standard InChI is InChI=1S/C21H19ClFNO7S/c1-11-7-18-16(9-17(11)22)13(8-19(26)31-18)10-30-21(27)20(12(2)25)24-32(28,29)15-5-3-14(23)4-6-15/h3-9,12,20,24-25H,10H2,1-2H3/t12-,20-/m0/s1. The molecule has 170 valence electrons. The van der Waals surface area contributed by atoms with Crippen LogP contribution < -0.4 is 10.3 Å². The maximum absolute atomic E-state index is 13.1. The molecule has 2 aromatic carbocycles. The molecular weight excluding hydrogens is 465 g/mol. The summed E-state index contributed by atoms with van der Waals surface area (Å²) >= 11 is 6.13. The van der Waals surface area contributed by atoms with Crippen molar-refractivity contribution in [3.05, 3.63) is 74.9 Å². The lowest BCUT2D eigenvalue weighted by molar-refractivity contribution is -0.149. The summed E-state index contributed by atoms with van der Waals surface area (Å²) in [6, 6.07) is 6.53. The predicted octanol–water partition coefficient (Wildman–Crippen LogP) is 2.67. The third-order valence-electron chi connectivity index (χ3n) is 4.62. The molecule has 2 N–H and O–H groups in total. The number of benzene rings is 2. The number of rotatable bonds is 7. The maximum Gasteiger partial charge on any atom is 0.336 e. The minimum Gasteiger partial charge on any atom is -0.460 e. The molecule has 0 fully saturated rings. The van der Waals surface area contributed by atoms with E-state index in [0.717, 1.165) is 30.3 Å². The number of esters is 1. The largest absolute Gasteiger partial charge is 0.460 e. The fourth-order valence-corrected chi connectivity index (χ4v) is 4.32. The van der Waals surface area contributed by atoms with Gasteiger partial charge in [0.25, 0.3) is 0 Å². The predicted molar refractivity (Wildman–Crippen MR) is 114 cm³/mol. The van der Waals surface area contributed by atoms with Crippen molar-refractivity contribution >= 4 is 38.6 Å². The summed E-state index contributed by atoms with van der Waals surface area (Å²) < 4.78 is 50.5. The second-order valence-corrected chi connectivity index (χ2v) is 9.21. The number of carbonyl (C=O) groups excluding carboxylic acids is 1. The summed E-state index contributed by atoms with van der Waals surface area (Å²) in [5.74, 6) is -1.71. The Hall–Kier alpha value is -2.79. The van der Waals surface area contributed by atoms with E-state index < -0.39 is 46.2 Å². The van der Waals surface area contributed by atoms with Crippen molar-refractivity contribution < 1.29 is 31.9 Å². The van der Waals surface area contributed by atoms with Gasteiger partial charge in [-0.05, 0) is 55.8 Å². The number of aryl methyl sites for hydroxylation is 1. The van der Waals surface area contributed by atoms with Gasteiger partial charge in [0.15, 0.2) is 0 Å². The minimum absolute atomic E-state index is 0.245. The summed E-state index contributed by atoms with van der Waals surface area (Å²) in [7, 11) is -4.26. The van der Waals surface area contributed by atoms with Crippen LogP contribution in [0.5, 0.6) is 0 Å². The van der Waals surface area contributed by atoms with Crippen LogP contribution in [-0.2, 0) is 26.2 Å². The Balaban J connectivity index is 1.82. The van der Waals surface area contributed by atoms with Crippen LogP contribution >= 0.6 is 11.6 Å². The Morgan fingerprint density at radius 2 is 1.91 bits per heavy atom. The average molecular weight is 484 g/mol. The minimum atomic E-state index is -4.26. The molecule has 0 amide bonds. The molecule has 3 rings (SSSR count).